The Kier molecular flexibility index (Phi) is 7.05. The summed E-state index contributed by atoms with van der Waals surface area (Å²) in [6.45, 7) is -1.19. The summed E-state index contributed by atoms with van der Waals surface area (Å²) >= 11 is 0. The highest BCUT2D eigenvalue weighted by Crippen LogP contribution is 2.29. The number of benzene rings is 1. The lowest BCUT2D eigenvalue weighted by Gasteiger charge is -2.30. The molecule has 0 heterocycles. The predicted molar refractivity (Wildman–Crippen MR) is 93.9 cm³/mol. The molecule has 11 heteroatoms. The van der Waals surface area contributed by atoms with Crippen molar-refractivity contribution < 1.29 is 35.9 Å². The Hall–Kier alpha value is -2.14. The van der Waals surface area contributed by atoms with Gasteiger partial charge in [0.25, 0.3) is 5.91 Å². The Balaban J connectivity index is 2.13. The second-order valence-electron chi connectivity index (χ2n) is 6.43. The fourth-order valence-corrected chi connectivity index (χ4v) is 4.55. The second-order valence-corrected chi connectivity index (χ2v) is 8.40. The lowest BCUT2D eigenvalue weighted by Crippen LogP contribution is -2.38. The summed E-state index contributed by atoms with van der Waals surface area (Å²) in [7, 11) is -2.47. The first-order valence-corrected chi connectivity index (χ1v) is 10.1. The molecule has 0 radical (unpaired) electrons. The SMILES string of the molecule is CN(C1CCCCC1)S(=O)(=O)c1ccccc1NC(=O)COC(=O)C(F)(F)F. The minimum Gasteiger partial charge on any atom is -0.449 e. The van der Waals surface area contributed by atoms with Gasteiger partial charge in [0.05, 0.1) is 5.69 Å². The molecule has 0 aromatic heterocycles. The van der Waals surface area contributed by atoms with Crippen molar-refractivity contribution in [2.45, 2.75) is 49.2 Å². The van der Waals surface area contributed by atoms with Gasteiger partial charge in [0.2, 0.25) is 10.0 Å². The number of amides is 1. The van der Waals surface area contributed by atoms with Crippen molar-refractivity contribution in [1.82, 2.24) is 4.31 Å². The summed E-state index contributed by atoms with van der Waals surface area (Å²) < 4.78 is 67.4. The highest BCUT2D eigenvalue weighted by molar-refractivity contribution is 7.89. The summed E-state index contributed by atoms with van der Waals surface area (Å²) in [5, 5.41) is 2.19. The summed E-state index contributed by atoms with van der Waals surface area (Å²) in [4.78, 5) is 22.3. The van der Waals surface area contributed by atoms with Crippen molar-refractivity contribution in [3.8, 4) is 0 Å². The van der Waals surface area contributed by atoms with E-state index in [9.17, 15) is 31.2 Å². The maximum absolute atomic E-state index is 13.0. The highest BCUT2D eigenvalue weighted by atomic mass is 32.2. The summed E-state index contributed by atoms with van der Waals surface area (Å²) in [5.41, 5.74) is -0.0989. The largest absolute Gasteiger partial charge is 0.490 e. The van der Waals surface area contributed by atoms with Crippen molar-refractivity contribution in [3.63, 3.8) is 0 Å². The van der Waals surface area contributed by atoms with Crippen molar-refractivity contribution in [2.75, 3.05) is 19.0 Å². The van der Waals surface area contributed by atoms with Crippen LogP contribution in [0.5, 0.6) is 0 Å². The summed E-state index contributed by atoms with van der Waals surface area (Å²) in [6.07, 6.45) is -0.853. The zero-order valence-electron chi connectivity index (χ0n) is 15.2. The quantitative estimate of drug-likeness (QED) is 0.712. The zero-order chi connectivity index (χ0) is 20.9. The van der Waals surface area contributed by atoms with Crippen LogP contribution in [-0.4, -0.2) is 50.5 Å². The minimum atomic E-state index is -5.22. The van der Waals surface area contributed by atoms with Gasteiger partial charge < -0.3 is 10.1 Å². The Morgan fingerprint density at radius 2 is 1.79 bits per heavy atom. The number of nitrogens with zero attached hydrogens (tertiary/aromatic N) is 1. The number of hydrogen-bond acceptors (Lipinski definition) is 5. The van der Waals surface area contributed by atoms with E-state index >= 15 is 0 Å². The van der Waals surface area contributed by atoms with Gasteiger partial charge in [0, 0.05) is 13.1 Å². The van der Waals surface area contributed by atoms with Gasteiger partial charge in [-0.3, -0.25) is 4.79 Å². The fraction of sp³-hybridized carbons (Fsp3) is 0.529. The number of nitrogens with one attached hydrogen (secondary N) is 1. The Morgan fingerprint density at radius 3 is 2.39 bits per heavy atom. The molecule has 0 saturated heterocycles. The molecule has 1 N–H and O–H groups in total. The molecule has 1 amide bonds. The monoisotopic (exact) mass is 422 g/mol. The van der Waals surface area contributed by atoms with Gasteiger partial charge in [-0.1, -0.05) is 31.4 Å². The zero-order valence-corrected chi connectivity index (χ0v) is 16.0. The first-order chi connectivity index (χ1) is 13.0. The van der Waals surface area contributed by atoms with Gasteiger partial charge in [-0.05, 0) is 25.0 Å². The van der Waals surface area contributed by atoms with Crippen molar-refractivity contribution >= 4 is 27.6 Å². The number of halogens is 3. The van der Waals surface area contributed by atoms with Crippen LogP contribution < -0.4 is 5.32 Å². The average Bonchev–Trinajstić information content (AvgIpc) is 2.65. The van der Waals surface area contributed by atoms with Crippen LogP contribution in [-0.2, 0) is 24.3 Å². The van der Waals surface area contributed by atoms with Crippen molar-refractivity contribution in [2.24, 2.45) is 0 Å². The van der Waals surface area contributed by atoms with Gasteiger partial charge in [0.1, 0.15) is 4.90 Å². The van der Waals surface area contributed by atoms with Crippen LogP contribution in [0.3, 0.4) is 0 Å². The van der Waals surface area contributed by atoms with Gasteiger partial charge >= 0.3 is 12.1 Å². The van der Waals surface area contributed by atoms with Crippen LogP contribution >= 0.6 is 0 Å². The lowest BCUT2D eigenvalue weighted by molar-refractivity contribution is -0.199. The third kappa shape index (κ3) is 5.44. The van der Waals surface area contributed by atoms with E-state index in [4.69, 9.17) is 0 Å². The smallest absolute Gasteiger partial charge is 0.449 e. The molecule has 2 rings (SSSR count). The minimum absolute atomic E-state index is 0.0989. The number of sulfonamides is 1. The molecule has 1 fully saturated rings. The van der Waals surface area contributed by atoms with E-state index in [0.29, 0.717) is 0 Å². The molecule has 0 aliphatic heterocycles. The number of ether oxygens (including phenoxy) is 1. The first kappa shape index (κ1) is 22.2. The number of esters is 1. The molecule has 1 aliphatic rings. The third-order valence-corrected chi connectivity index (χ3v) is 6.44. The van der Waals surface area contributed by atoms with E-state index in [0.717, 1.165) is 32.1 Å². The molecule has 28 heavy (non-hydrogen) atoms. The molecule has 0 bridgehead atoms. The molecule has 1 aromatic carbocycles. The van der Waals surface area contributed by atoms with E-state index in [2.05, 4.69) is 10.1 Å². The Bertz CT molecular complexity index is 820. The van der Waals surface area contributed by atoms with E-state index in [1.165, 1.54) is 35.6 Å². The van der Waals surface area contributed by atoms with Crippen LogP contribution in [0.1, 0.15) is 32.1 Å². The normalized spacial score (nSPS) is 16.0. The molecule has 0 atom stereocenters. The molecule has 1 aromatic rings. The van der Waals surface area contributed by atoms with E-state index in [-0.39, 0.29) is 16.6 Å². The van der Waals surface area contributed by atoms with Crippen LogP contribution in [0.4, 0.5) is 18.9 Å². The van der Waals surface area contributed by atoms with Crippen LogP contribution in [0.2, 0.25) is 0 Å². The molecule has 7 nitrogen and oxygen atoms in total. The van der Waals surface area contributed by atoms with E-state index < -0.39 is 34.7 Å². The standard InChI is InChI=1S/C17H21F3N2O5S/c1-22(12-7-3-2-4-8-12)28(25,26)14-10-6-5-9-13(14)21-15(23)11-27-16(24)17(18,19)20/h5-6,9-10,12H,2-4,7-8,11H2,1H3,(H,21,23). The van der Waals surface area contributed by atoms with Crippen LogP contribution in [0, 0.1) is 0 Å². The first-order valence-electron chi connectivity index (χ1n) is 8.64. The lowest BCUT2D eigenvalue weighted by atomic mass is 9.96. The molecular weight excluding hydrogens is 401 g/mol. The molecule has 0 spiro atoms. The Labute approximate surface area is 160 Å². The van der Waals surface area contributed by atoms with Crippen LogP contribution in [0.15, 0.2) is 29.2 Å². The molecule has 1 aliphatic carbocycles. The molecule has 0 unspecified atom stereocenters. The number of rotatable bonds is 6. The number of hydrogen-bond donors (Lipinski definition) is 1. The highest BCUT2D eigenvalue weighted by Gasteiger charge is 2.41. The summed E-state index contributed by atoms with van der Waals surface area (Å²) in [6, 6.07) is 5.39. The van der Waals surface area contributed by atoms with Gasteiger partial charge in [0.15, 0.2) is 6.61 Å². The van der Waals surface area contributed by atoms with E-state index in [1.807, 2.05) is 0 Å². The number of carbonyl (C=O) groups is 2. The number of anilines is 1. The molecule has 156 valence electrons. The van der Waals surface area contributed by atoms with Gasteiger partial charge in [-0.25, -0.2) is 13.2 Å². The van der Waals surface area contributed by atoms with E-state index in [1.54, 1.807) is 0 Å². The average molecular weight is 422 g/mol. The Morgan fingerprint density at radius 1 is 1.18 bits per heavy atom. The molecular formula is C17H21F3N2O5S. The molecule has 1 saturated carbocycles. The maximum atomic E-state index is 13.0. The predicted octanol–water partition coefficient (Wildman–Crippen LogP) is 2.68. The maximum Gasteiger partial charge on any atom is 0.490 e. The number of alkyl halides is 3. The number of carbonyl (C=O) groups excluding carboxylic acids is 2. The van der Waals surface area contributed by atoms with Crippen molar-refractivity contribution in [1.29, 1.82) is 0 Å². The fourth-order valence-electron chi connectivity index (χ4n) is 2.99. The van der Waals surface area contributed by atoms with Gasteiger partial charge in [-0.15, -0.1) is 0 Å². The van der Waals surface area contributed by atoms with Crippen LogP contribution in [0.25, 0.3) is 0 Å². The van der Waals surface area contributed by atoms with Crippen molar-refractivity contribution in [3.05, 3.63) is 24.3 Å². The topological polar surface area (TPSA) is 92.8 Å². The van der Waals surface area contributed by atoms with Gasteiger partial charge in [-0.2, -0.15) is 17.5 Å². The third-order valence-electron chi connectivity index (χ3n) is 4.47. The summed E-state index contributed by atoms with van der Waals surface area (Å²) in [5.74, 6) is -3.58. The second kappa shape index (κ2) is 8.91. The number of para-hydroxylation sites is 1.